The molecule has 0 unspecified atom stereocenters. The second-order valence-electron chi connectivity index (χ2n) is 3.13. The lowest BCUT2D eigenvalue weighted by Crippen LogP contribution is -1.86. The molecule has 0 atom stereocenters. The van der Waals surface area contributed by atoms with Gasteiger partial charge in [-0.15, -0.1) is 0 Å². The molecule has 1 aromatic heterocycles. The van der Waals surface area contributed by atoms with Crippen molar-refractivity contribution in [3.8, 4) is 11.1 Å². The molecule has 0 saturated heterocycles. The van der Waals surface area contributed by atoms with Gasteiger partial charge in [0, 0.05) is 0 Å². The fourth-order valence-corrected chi connectivity index (χ4v) is 1.77. The molecular formula is C11H5Cl2F2N. The lowest BCUT2D eigenvalue weighted by molar-refractivity contribution is 0.509. The van der Waals surface area contributed by atoms with E-state index in [1.54, 1.807) is 0 Å². The quantitative estimate of drug-likeness (QED) is 0.695. The van der Waals surface area contributed by atoms with Gasteiger partial charge in [0.25, 0.3) is 0 Å². The number of halogens is 4. The maximum Gasteiger partial charge on any atom is 0.159 e. The number of nitrogens with zero attached hydrogens (tertiary/aromatic N) is 1. The van der Waals surface area contributed by atoms with E-state index >= 15 is 0 Å². The molecule has 5 heteroatoms. The fraction of sp³-hybridized carbons (Fsp3) is 0. The minimum absolute atomic E-state index is 0.201. The molecule has 16 heavy (non-hydrogen) atoms. The van der Waals surface area contributed by atoms with Crippen molar-refractivity contribution in [2.45, 2.75) is 0 Å². The number of aromatic nitrogens is 1. The number of hydrogen-bond donors (Lipinski definition) is 0. The standard InChI is InChI=1S/C11H5Cl2F2N/c12-10-4-7(5-11(13)16-10)6-1-2-8(14)9(15)3-6/h1-5H. The summed E-state index contributed by atoms with van der Waals surface area (Å²) in [5.74, 6) is -1.81. The van der Waals surface area contributed by atoms with E-state index in [1.165, 1.54) is 18.2 Å². The second-order valence-corrected chi connectivity index (χ2v) is 3.90. The van der Waals surface area contributed by atoms with Crippen molar-refractivity contribution >= 4 is 23.2 Å². The van der Waals surface area contributed by atoms with Crippen LogP contribution in [0.15, 0.2) is 30.3 Å². The predicted octanol–water partition coefficient (Wildman–Crippen LogP) is 4.33. The molecule has 0 spiro atoms. The van der Waals surface area contributed by atoms with Crippen LogP contribution >= 0.6 is 23.2 Å². The summed E-state index contributed by atoms with van der Waals surface area (Å²) in [6, 6.07) is 6.63. The first-order valence-corrected chi connectivity index (χ1v) is 5.10. The highest BCUT2D eigenvalue weighted by atomic mass is 35.5. The minimum Gasteiger partial charge on any atom is -0.224 e. The van der Waals surface area contributed by atoms with E-state index in [1.807, 2.05) is 0 Å². The molecule has 0 amide bonds. The van der Waals surface area contributed by atoms with Crippen molar-refractivity contribution in [2.75, 3.05) is 0 Å². The maximum atomic E-state index is 13.0. The Morgan fingerprint density at radius 1 is 0.812 bits per heavy atom. The zero-order chi connectivity index (χ0) is 11.7. The lowest BCUT2D eigenvalue weighted by Gasteiger charge is -2.03. The number of hydrogen-bond acceptors (Lipinski definition) is 1. The van der Waals surface area contributed by atoms with Crippen molar-refractivity contribution in [3.05, 3.63) is 52.3 Å². The summed E-state index contributed by atoms with van der Waals surface area (Å²) in [6.07, 6.45) is 0. The van der Waals surface area contributed by atoms with E-state index in [4.69, 9.17) is 23.2 Å². The molecular weight excluding hydrogens is 255 g/mol. The molecule has 0 aliphatic carbocycles. The van der Waals surface area contributed by atoms with Gasteiger partial charge in [-0.3, -0.25) is 0 Å². The van der Waals surface area contributed by atoms with Crippen LogP contribution in [0.25, 0.3) is 11.1 Å². The van der Waals surface area contributed by atoms with Gasteiger partial charge in [-0.2, -0.15) is 0 Å². The van der Waals surface area contributed by atoms with Crippen LogP contribution in [-0.4, -0.2) is 4.98 Å². The Kier molecular flexibility index (Phi) is 3.08. The van der Waals surface area contributed by atoms with Crippen LogP contribution in [0.1, 0.15) is 0 Å². The van der Waals surface area contributed by atoms with Gasteiger partial charge in [-0.05, 0) is 35.4 Å². The van der Waals surface area contributed by atoms with Crippen molar-refractivity contribution in [1.82, 2.24) is 4.98 Å². The average Bonchev–Trinajstić information content (AvgIpc) is 2.20. The van der Waals surface area contributed by atoms with Crippen LogP contribution in [0.5, 0.6) is 0 Å². The largest absolute Gasteiger partial charge is 0.224 e. The summed E-state index contributed by atoms with van der Waals surface area (Å²) in [6.45, 7) is 0. The van der Waals surface area contributed by atoms with Gasteiger partial charge < -0.3 is 0 Å². The van der Waals surface area contributed by atoms with Crippen LogP contribution in [-0.2, 0) is 0 Å². The van der Waals surface area contributed by atoms with E-state index in [9.17, 15) is 8.78 Å². The Hall–Kier alpha value is -1.19. The normalized spacial score (nSPS) is 10.5. The molecule has 0 radical (unpaired) electrons. The summed E-state index contributed by atoms with van der Waals surface area (Å²) in [4.78, 5) is 3.76. The Labute approximate surface area is 101 Å². The van der Waals surface area contributed by atoms with Crippen molar-refractivity contribution < 1.29 is 8.78 Å². The smallest absolute Gasteiger partial charge is 0.159 e. The molecule has 0 N–H and O–H groups in total. The molecule has 2 rings (SSSR count). The summed E-state index contributed by atoms with van der Waals surface area (Å²) in [7, 11) is 0. The van der Waals surface area contributed by atoms with Crippen LogP contribution in [0.2, 0.25) is 10.3 Å². The van der Waals surface area contributed by atoms with Crippen LogP contribution in [0, 0.1) is 11.6 Å². The minimum atomic E-state index is -0.915. The first kappa shape index (κ1) is 11.3. The van der Waals surface area contributed by atoms with Gasteiger partial charge in [0.1, 0.15) is 10.3 Å². The van der Waals surface area contributed by atoms with Gasteiger partial charge in [0.2, 0.25) is 0 Å². The van der Waals surface area contributed by atoms with Crippen molar-refractivity contribution in [3.63, 3.8) is 0 Å². The SMILES string of the molecule is Fc1ccc(-c2cc(Cl)nc(Cl)c2)cc1F. The molecule has 0 aliphatic rings. The van der Waals surface area contributed by atoms with Crippen LogP contribution in [0.3, 0.4) is 0 Å². The van der Waals surface area contributed by atoms with Gasteiger partial charge in [-0.25, -0.2) is 13.8 Å². The molecule has 82 valence electrons. The van der Waals surface area contributed by atoms with Gasteiger partial charge in [0.15, 0.2) is 11.6 Å². The molecule has 1 heterocycles. The fourth-order valence-electron chi connectivity index (χ4n) is 1.31. The Morgan fingerprint density at radius 2 is 1.44 bits per heavy atom. The Balaban J connectivity index is 2.54. The summed E-state index contributed by atoms with van der Waals surface area (Å²) in [5.41, 5.74) is 1.08. The first-order valence-electron chi connectivity index (χ1n) is 4.35. The molecule has 1 aromatic carbocycles. The Morgan fingerprint density at radius 3 is 2.00 bits per heavy atom. The maximum absolute atomic E-state index is 13.0. The zero-order valence-electron chi connectivity index (χ0n) is 7.85. The number of pyridine rings is 1. The molecule has 1 nitrogen and oxygen atoms in total. The molecule has 0 aliphatic heterocycles. The summed E-state index contributed by atoms with van der Waals surface area (Å²) >= 11 is 11.4. The first-order chi connectivity index (χ1) is 7.56. The number of rotatable bonds is 1. The Bertz CT molecular complexity index is 523. The summed E-state index contributed by atoms with van der Waals surface area (Å²) < 4.78 is 25.7. The highest BCUT2D eigenvalue weighted by Crippen LogP contribution is 2.25. The monoisotopic (exact) mass is 259 g/mol. The molecule has 0 fully saturated rings. The van der Waals surface area contributed by atoms with E-state index < -0.39 is 11.6 Å². The number of benzene rings is 1. The van der Waals surface area contributed by atoms with E-state index in [2.05, 4.69) is 4.98 Å². The van der Waals surface area contributed by atoms with Crippen LogP contribution < -0.4 is 0 Å². The average molecular weight is 260 g/mol. The molecule has 0 saturated carbocycles. The van der Waals surface area contributed by atoms with E-state index in [0.29, 0.717) is 11.1 Å². The molecule has 2 aromatic rings. The van der Waals surface area contributed by atoms with Crippen molar-refractivity contribution in [1.29, 1.82) is 0 Å². The highest BCUT2D eigenvalue weighted by molar-refractivity contribution is 6.32. The van der Waals surface area contributed by atoms with E-state index in [0.717, 1.165) is 12.1 Å². The van der Waals surface area contributed by atoms with Crippen LogP contribution in [0.4, 0.5) is 8.78 Å². The van der Waals surface area contributed by atoms with Crippen molar-refractivity contribution in [2.24, 2.45) is 0 Å². The van der Waals surface area contributed by atoms with Gasteiger partial charge >= 0.3 is 0 Å². The van der Waals surface area contributed by atoms with E-state index in [-0.39, 0.29) is 10.3 Å². The third kappa shape index (κ3) is 2.31. The highest BCUT2D eigenvalue weighted by Gasteiger charge is 2.06. The third-order valence-corrected chi connectivity index (χ3v) is 2.40. The zero-order valence-corrected chi connectivity index (χ0v) is 9.36. The van der Waals surface area contributed by atoms with Gasteiger partial charge in [0.05, 0.1) is 0 Å². The lowest BCUT2D eigenvalue weighted by atomic mass is 10.1. The third-order valence-electron chi connectivity index (χ3n) is 2.02. The van der Waals surface area contributed by atoms with Gasteiger partial charge in [-0.1, -0.05) is 29.3 Å². The second kappa shape index (κ2) is 4.36. The summed E-state index contributed by atoms with van der Waals surface area (Å²) in [5, 5.41) is 0.402. The molecule has 0 bridgehead atoms. The predicted molar refractivity (Wildman–Crippen MR) is 59.6 cm³/mol. The topological polar surface area (TPSA) is 12.9 Å².